The van der Waals surface area contributed by atoms with Crippen molar-refractivity contribution < 1.29 is 9.18 Å². The van der Waals surface area contributed by atoms with Gasteiger partial charge in [0.05, 0.1) is 11.0 Å². The van der Waals surface area contributed by atoms with Crippen molar-refractivity contribution in [1.29, 1.82) is 0 Å². The Bertz CT molecular complexity index is 1100. The first-order chi connectivity index (χ1) is 16.0. The van der Waals surface area contributed by atoms with Crippen molar-refractivity contribution in [3.8, 4) is 0 Å². The highest BCUT2D eigenvalue weighted by atomic mass is 19.1. The smallest absolute Gasteiger partial charge is 0.243 e. The molecule has 6 heteroatoms. The second-order valence-electron chi connectivity index (χ2n) is 9.27. The summed E-state index contributed by atoms with van der Waals surface area (Å²) in [5, 5.41) is 3.19. The lowest BCUT2D eigenvalue weighted by atomic mass is 10.1. The lowest BCUT2D eigenvalue weighted by molar-refractivity contribution is -0.124. The Morgan fingerprint density at radius 1 is 1.12 bits per heavy atom. The van der Waals surface area contributed by atoms with Crippen molar-refractivity contribution in [2.45, 2.75) is 58.9 Å². The number of rotatable bonds is 9. The molecule has 1 N–H and O–H groups in total. The van der Waals surface area contributed by atoms with Gasteiger partial charge in [-0.05, 0) is 87.2 Å². The molecule has 5 nitrogen and oxygen atoms in total. The Kier molecular flexibility index (Phi) is 7.43. The number of nitrogens with zero attached hydrogens (tertiary/aromatic N) is 3. The maximum absolute atomic E-state index is 13.4. The highest BCUT2D eigenvalue weighted by Crippen LogP contribution is 2.28. The summed E-state index contributed by atoms with van der Waals surface area (Å²) in [4.78, 5) is 20.8. The van der Waals surface area contributed by atoms with Crippen molar-refractivity contribution in [3.05, 3.63) is 64.7 Å². The molecule has 1 aliphatic heterocycles. The van der Waals surface area contributed by atoms with E-state index in [1.807, 2.05) is 0 Å². The van der Waals surface area contributed by atoms with Crippen LogP contribution in [0.25, 0.3) is 11.0 Å². The van der Waals surface area contributed by atoms with Gasteiger partial charge in [-0.15, -0.1) is 0 Å². The normalized spacial score (nSPS) is 15.3. The van der Waals surface area contributed by atoms with Crippen LogP contribution in [0.2, 0.25) is 0 Å². The number of hydrogen-bond donors (Lipinski definition) is 1. The lowest BCUT2D eigenvalue weighted by Crippen LogP contribution is -2.38. The van der Waals surface area contributed by atoms with E-state index in [0.717, 1.165) is 54.9 Å². The molecule has 2 heterocycles. The molecule has 3 aromatic rings. The monoisotopic (exact) mass is 450 g/mol. The first-order valence-electron chi connectivity index (χ1n) is 12.2. The van der Waals surface area contributed by atoms with Crippen LogP contribution in [0, 0.1) is 19.7 Å². The third-order valence-corrected chi connectivity index (χ3v) is 6.76. The number of likely N-dealkylation sites (tertiary alicyclic amines) is 1. The third kappa shape index (κ3) is 5.44. The van der Waals surface area contributed by atoms with Gasteiger partial charge in [0, 0.05) is 19.5 Å². The molecule has 0 aliphatic carbocycles. The molecule has 1 aliphatic rings. The second kappa shape index (κ2) is 10.5. The zero-order chi connectivity index (χ0) is 23.4. The molecule has 0 bridgehead atoms. The Hall–Kier alpha value is -2.73. The fourth-order valence-electron chi connectivity index (χ4n) is 4.77. The molecule has 4 rings (SSSR count). The molecule has 0 radical (unpaired) electrons. The summed E-state index contributed by atoms with van der Waals surface area (Å²) in [6.07, 6.45) is 4.68. The van der Waals surface area contributed by atoms with Crippen molar-refractivity contribution in [3.63, 3.8) is 0 Å². The Morgan fingerprint density at radius 2 is 1.82 bits per heavy atom. The van der Waals surface area contributed by atoms with Crippen LogP contribution in [-0.2, 0) is 11.2 Å². The quantitative estimate of drug-likeness (QED) is 0.503. The number of nitrogens with one attached hydrogen (secondary N) is 1. The van der Waals surface area contributed by atoms with Crippen molar-refractivity contribution in [2.24, 2.45) is 0 Å². The van der Waals surface area contributed by atoms with E-state index in [1.165, 1.54) is 36.1 Å². The number of aryl methyl sites for hydroxylation is 2. The van der Waals surface area contributed by atoms with E-state index in [0.29, 0.717) is 13.0 Å². The second-order valence-corrected chi connectivity index (χ2v) is 9.27. The summed E-state index contributed by atoms with van der Waals surface area (Å²) < 4.78 is 15.6. The number of halogens is 1. The minimum absolute atomic E-state index is 0.0499. The molecule has 0 unspecified atom stereocenters. The summed E-state index contributed by atoms with van der Waals surface area (Å²) in [6, 6.07) is 10.5. The fraction of sp³-hybridized carbons (Fsp3) is 0.481. The average Bonchev–Trinajstić information content (AvgIpc) is 3.42. The van der Waals surface area contributed by atoms with Crippen LogP contribution in [0.5, 0.6) is 0 Å². The topological polar surface area (TPSA) is 50.2 Å². The van der Waals surface area contributed by atoms with Crippen LogP contribution in [0.3, 0.4) is 0 Å². The zero-order valence-electron chi connectivity index (χ0n) is 20.0. The fourth-order valence-corrected chi connectivity index (χ4v) is 4.77. The van der Waals surface area contributed by atoms with E-state index in [2.05, 4.69) is 47.7 Å². The summed E-state index contributed by atoms with van der Waals surface area (Å²) in [5.41, 5.74) is 5.24. The molecule has 1 aromatic heterocycles. The van der Waals surface area contributed by atoms with E-state index in [-0.39, 0.29) is 17.8 Å². The van der Waals surface area contributed by atoms with Gasteiger partial charge in [-0.1, -0.05) is 25.5 Å². The predicted octanol–water partition coefficient (Wildman–Crippen LogP) is 4.94. The molecule has 1 saturated heterocycles. The number of fused-ring (bicyclic) bond motifs is 1. The van der Waals surface area contributed by atoms with E-state index < -0.39 is 0 Å². The van der Waals surface area contributed by atoms with Gasteiger partial charge in [-0.3, -0.25) is 4.79 Å². The van der Waals surface area contributed by atoms with Gasteiger partial charge in [0.1, 0.15) is 17.7 Å². The van der Waals surface area contributed by atoms with Crippen LogP contribution in [-0.4, -0.2) is 46.5 Å². The highest BCUT2D eigenvalue weighted by Gasteiger charge is 2.25. The molecule has 0 saturated carbocycles. The molecular weight excluding hydrogens is 415 g/mol. The van der Waals surface area contributed by atoms with E-state index in [4.69, 9.17) is 4.98 Å². The molecule has 2 aromatic carbocycles. The summed E-state index contributed by atoms with van der Waals surface area (Å²) in [6.45, 7) is 10.1. The van der Waals surface area contributed by atoms with Crippen LogP contribution < -0.4 is 5.32 Å². The average molecular weight is 451 g/mol. The summed E-state index contributed by atoms with van der Waals surface area (Å²) in [5.74, 6) is 0.642. The van der Waals surface area contributed by atoms with Gasteiger partial charge < -0.3 is 14.8 Å². The molecule has 1 atom stereocenters. The van der Waals surface area contributed by atoms with E-state index >= 15 is 0 Å². The third-order valence-electron chi connectivity index (χ3n) is 6.76. The van der Waals surface area contributed by atoms with E-state index in [9.17, 15) is 9.18 Å². The number of carbonyl (C=O) groups is 1. The number of benzene rings is 2. The Labute approximate surface area is 196 Å². The van der Waals surface area contributed by atoms with Gasteiger partial charge in [0.25, 0.3) is 0 Å². The minimum Gasteiger partial charge on any atom is -0.353 e. The van der Waals surface area contributed by atoms with Crippen LogP contribution in [0.15, 0.2) is 36.4 Å². The molecule has 0 spiro atoms. The van der Waals surface area contributed by atoms with Gasteiger partial charge in [0.2, 0.25) is 5.91 Å². The minimum atomic E-state index is -0.323. The van der Waals surface area contributed by atoms with Gasteiger partial charge in [-0.2, -0.15) is 0 Å². The predicted molar refractivity (Wildman–Crippen MR) is 131 cm³/mol. The van der Waals surface area contributed by atoms with Crippen molar-refractivity contribution in [2.75, 3.05) is 26.2 Å². The molecule has 176 valence electrons. The Morgan fingerprint density at radius 3 is 2.52 bits per heavy atom. The van der Waals surface area contributed by atoms with Crippen molar-refractivity contribution in [1.82, 2.24) is 19.8 Å². The van der Waals surface area contributed by atoms with Gasteiger partial charge in [0.15, 0.2) is 0 Å². The number of aromatic nitrogens is 2. The Balaban J connectivity index is 1.66. The van der Waals surface area contributed by atoms with Crippen LogP contribution in [0.4, 0.5) is 4.39 Å². The molecule has 33 heavy (non-hydrogen) atoms. The number of hydrogen-bond acceptors (Lipinski definition) is 3. The largest absolute Gasteiger partial charge is 0.353 e. The zero-order valence-corrected chi connectivity index (χ0v) is 20.0. The van der Waals surface area contributed by atoms with Crippen LogP contribution in [0.1, 0.15) is 61.2 Å². The first kappa shape index (κ1) is 23.4. The molecule has 1 amide bonds. The van der Waals surface area contributed by atoms with Gasteiger partial charge in [-0.25, -0.2) is 9.37 Å². The molecular formula is C27H35FN4O. The number of amides is 1. The van der Waals surface area contributed by atoms with Crippen molar-refractivity contribution >= 4 is 16.9 Å². The van der Waals surface area contributed by atoms with E-state index in [1.54, 1.807) is 12.1 Å². The standard InChI is InChI=1S/C27H35FN4O/c1-4-7-24(27(33)29-12-15-31-13-5-6-14-31)32-25-17-20(3)19(2)16-23(25)30-26(32)18-21-8-10-22(28)11-9-21/h8-11,16-17,24H,4-7,12-15,18H2,1-3H3,(H,29,33)/t24-/m1/s1. The van der Waals surface area contributed by atoms with Gasteiger partial charge >= 0.3 is 0 Å². The summed E-state index contributed by atoms with van der Waals surface area (Å²) >= 11 is 0. The SMILES string of the molecule is CCC[C@H](C(=O)NCCN1CCCC1)n1c(Cc2ccc(F)cc2)nc2cc(C)c(C)cc21. The maximum Gasteiger partial charge on any atom is 0.243 e. The first-order valence-corrected chi connectivity index (χ1v) is 12.2. The maximum atomic E-state index is 13.4. The van der Waals surface area contributed by atoms with Crippen LogP contribution >= 0.6 is 0 Å². The number of carbonyl (C=O) groups excluding carboxylic acids is 1. The lowest BCUT2D eigenvalue weighted by Gasteiger charge is -2.22. The summed E-state index contributed by atoms with van der Waals surface area (Å²) in [7, 11) is 0. The highest BCUT2D eigenvalue weighted by molar-refractivity contribution is 5.85. The number of imidazole rings is 1. The molecule has 1 fully saturated rings.